The van der Waals surface area contributed by atoms with Crippen molar-refractivity contribution >= 4 is 11.6 Å². The molecule has 2 heterocycles. The molecule has 0 aromatic heterocycles. The van der Waals surface area contributed by atoms with E-state index in [1.54, 1.807) is 7.11 Å². The molecule has 5 nitrogen and oxygen atoms in total. The molecule has 0 unspecified atom stereocenters. The fourth-order valence-corrected chi connectivity index (χ4v) is 3.78. The molecule has 4 rings (SSSR count). The number of hydrogen-bond acceptors (Lipinski definition) is 4. The minimum atomic E-state index is -0.176. The lowest BCUT2D eigenvalue weighted by atomic mass is 9.90. The fourth-order valence-electron chi connectivity index (χ4n) is 3.78. The molecule has 2 aliphatic rings. The molecule has 2 aromatic carbocycles. The maximum Gasteiger partial charge on any atom is 0.255 e. The number of aryl methyl sites for hydroxylation is 1. The molecule has 0 bridgehead atoms. The zero-order chi connectivity index (χ0) is 16.8. The molecular weight excluding hydrogens is 302 g/mol. The van der Waals surface area contributed by atoms with Crippen molar-refractivity contribution in [1.82, 2.24) is 5.32 Å². The lowest BCUT2D eigenvalue weighted by Gasteiger charge is -2.44. The summed E-state index contributed by atoms with van der Waals surface area (Å²) in [5.74, 6) is 0.776. The van der Waals surface area contributed by atoms with Gasteiger partial charge >= 0.3 is 0 Å². The third kappa shape index (κ3) is 2.16. The molecule has 2 aliphatic heterocycles. The summed E-state index contributed by atoms with van der Waals surface area (Å²) < 4.78 is 5.29. The topological polar surface area (TPSA) is 67.6 Å². The number of ether oxygens (including phenoxy) is 1. The summed E-state index contributed by atoms with van der Waals surface area (Å²) in [5.41, 5.74) is 11.2. The van der Waals surface area contributed by atoms with Crippen LogP contribution in [-0.4, -0.2) is 19.6 Å². The van der Waals surface area contributed by atoms with Crippen molar-refractivity contribution in [3.8, 4) is 5.75 Å². The van der Waals surface area contributed by atoms with Gasteiger partial charge in [-0.15, -0.1) is 0 Å². The van der Waals surface area contributed by atoms with Gasteiger partial charge in [0.25, 0.3) is 5.91 Å². The maximum absolute atomic E-state index is 12.6. The van der Waals surface area contributed by atoms with Crippen molar-refractivity contribution in [2.75, 3.05) is 18.6 Å². The number of para-hydroxylation sites is 1. The average molecular weight is 323 g/mol. The first kappa shape index (κ1) is 15.0. The minimum Gasteiger partial charge on any atom is -0.497 e. The molecule has 0 spiro atoms. The largest absolute Gasteiger partial charge is 0.497 e. The van der Waals surface area contributed by atoms with E-state index >= 15 is 0 Å². The molecule has 0 radical (unpaired) electrons. The SMILES string of the molecule is COc1ccc([C@H]2NC(=O)c3cccc4c3N2CC[C@H]4N)c(C)c1. The monoisotopic (exact) mass is 323 g/mol. The van der Waals surface area contributed by atoms with Gasteiger partial charge in [0, 0.05) is 12.6 Å². The van der Waals surface area contributed by atoms with Gasteiger partial charge < -0.3 is 20.7 Å². The van der Waals surface area contributed by atoms with E-state index in [2.05, 4.69) is 10.2 Å². The number of hydrogen-bond donors (Lipinski definition) is 2. The van der Waals surface area contributed by atoms with Crippen LogP contribution < -0.4 is 20.7 Å². The third-order valence-corrected chi connectivity index (χ3v) is 5.03. The van der Waals surface area contributed by atoms with E-state index < -0.39 is 0 Å². The number of carbonyl (C=O) groups excluding carboxylic acids is 1. The van der Waals surface area contributed by atoms with Gasteiger partial charge in [-0.2, -0.15) is 0 Å². The second-order valence-corrected chi connectivity index (χ2v) is 6.43. The Hall–Kier alpha value is -2.53. The Bertz CT molecular complexity index is 818. The Morgan fingerprint density at radius 2 is 2.08 bits per heavy atom. The van der Waals surface area contributed by atoms with Crippen LogP contribution in [0.4, 0.5) is 5.69 Å². The highest BCUT2D eigenvalue weighted by molar-refractivity contribution is 6.03. The first-order chi connectivity index (χ1) is 11.6. The summed E-state index contributed by atoms with van der Waals surface area (Å²) in [6.45, 7) is 2.86. The van der Waals surface area contributed by atoms with Gasteiger partial charge in [0.1, 0.15) is 11.9 Å². The fraction of sp³-hybridized carbons (Fsp3) is 0.316. The van der Waals surface area contributed by atoms with E-state index in [9.17, 15) is 4.79 Å². The van der Waals surface area contributed by atoms with Crippen LogP contribution in [0.2, 0.25) is 0 Å². The van der Waals surface area contributed by atoms with E-state index in [-0.39, 0.29) is 18.1 Å². The van der Waals surface area contributed by atoms with Crippen LogP contribution in [0.5, 0.6) is 5.75 Å². The van der Waals surface area contributed by atoms with Gasteiger partial charge in [-0.1, -0.05) is 18.2 Å². The van der Waals surface area contributed by atoms with Gasteiger partial charge in [-0.25, -0.2) is 0 Å². The number of nitrogens with zero attached hydrogens (tertiary/aromatic N) is 1. The quantitative estimate of drug-likeness (QED) is 0.891. The van der Waals surface area contributed by atoms with E-state index in [4.69, 9.17) is 10.5 Å². The number of anilines is 1. The summed E-state index contributed by atoms with van der Waals surface area (Å²) in [7, 11) is 1.66. The van der Waals surface area contributed by atoms with Gasteiger partial charge in [-0.3, -0.25) is 4.79 Å². The van der Waals surface area contributed by atoms with Crippen LogP contribution in [0.25, 0.3) is 0 Å². The Morgan fingerprint density at radius 1 is 1.25 bits per heavy atom. The van der Waals surface area contributed by atoms with Gasteiger partial charge in [0.15, 0.2) is 0 Å². The molecule has 0 saturated carbocycles. The maximum atomic E-state index is 12.6. The van der Waals surface area contributed by atoms with E-state index in [0.29, 0.717) is 5.56 Å². The van der Waals surface area contributed by atoms with E-state index in [1.165, 1.54) is 0 Å². The van der Waals surface area contributed by atoms with Gasteiger partial charge in [-0.05, 0) is 48.2 Å². The standard InChI is InChI=1S/C19H21N3O2/c1-11-10-12(24-2)6-7-13(11)18-21-19(23)15-5-3-4-14-16(20)8-9-22(18)17(14)15/h3-7,10,16,18H,8-9,20H2,1-2H3,(H,21,23)/t16-,18+/m1/s1. The normalized spacial score (nSPS) is 22.0. The Balaban J connectivity index is 1.84. The second kappa shape index (κ2) is 5.53. The highest BCUT2D eigenvalue weighted by Crippen LogP contribution is 2.42. The molecule has 2 atom stereocenters. The molecular formula is C19H21N3O2. The summed E-state index contributed by atoms with van der Waals surface area (Å²) >= 11 is 0. The number of amides is 1. The number of rotatable bonds is 2. The molecule has 0 aliphatic carbocycles. The number of nitrogens with one attached hydrogen (secondary N) is 1. The van der Waals surface area contributed by atoms with Crippen molar-refractivity contribution < 1.29 is 9.53 Å². The molecule has 5 heteroatoms. The van der Waals surface area contributed by atoms with Crippen LogP contribution in [0, 0.1) is 6.92 Å². The first-order valence-electron chi connectivity index (χ1n) is 8.20. The predicted molar refractivity (Wildman–Crippen MR) is 93.3 cm³/mol. The predicted octanol–water partition coefficient (Wildman–Crippen LogP) is 2.66. The van der Waals surface area contributed by atoms with Gasteiger partial charge in [0.05, 0.1) is 18.4 Å². The minimum absolute atomic E-state index is 0.0142. The van der Waals surface area contributed by atoms with E-state index in [1.807, 2.05) is 43.3 Å². The lowest BCUT2D eigenvalue weighted by molar-refractivity contribution is 0.0925. The number of methoxy groups -OCH3 is 1. The van der Waals surface area contributed by atoms with Crippen molar-refractivity contribution in [3.05, 3.63) is 58.7 Å². The van der Waals surface area contributed by atoms with Crippen molar-refractivity contribution in [2.24, 2.45) is 5.73 Å². The Morgan fingerprint density at radius 3 is 2.83 bits per heavy atom. The molecule has 0 saturated heterocycles. The number of benzene rings is 2. The third-order valence-electron chi connectivity index (χ3n) is 5.03. The van der Waals surface area contributed by atoms with Crippen LogP contribution in [0.3, 0.4) is 0 Å². The summed E-state index contributed by atoms with van der Waals surface area (Å²) in [5, 5.41) is 3.15. The van der Waals surface area contributed by atoms with Crippen LogP contribution in [-0.2, 0) is 0 Å². The van der Waals surface area contributed by atoms with Crippen LogP contribution in [0.1, 0.15) is 45.7 Å². The molecule has 124 valence electrons. The highest BCUT2D eigenvalue weighted by Gasteiger charge is 2.37. The summed E-state index contributed by atoms with van der Waals surface area (Å²) in [6.07, 6.45) is 0.697. The highest BCUT2D eigenvalue weighted by atomic mass is 16.5. The Kier molecular flexibility index (Phi) is 3.46. The molecule has 2 aromatic rings. The summed E-state index contributed by atoms with van der Waals surface area (Å²) in [4.78, 5) is 14.9. The summed E-state index contributed by atoms with van der Waals surface area (Å²) in [6, 6.07) is 11.8. The average Bonchev–Trinajstić information content (AvgIpc) is 2.60. The number of carbonyl (C=O) groups is 1. The smallest absolute Gasteiger partial charge is 0.255 e. The lowest BCUT2D eigenvalue weighted by Crippen LogP contribution is -2.50. The van der Waals surface area contributed by atoms with E-state index in [0.717, 1.165) is 41.1 Å². The Labute approximate surface area is 141 Å². The molecule has 1 amide bonds. The molecule has 24 heavy (non-hydrogen) atoms. The second-order valence-electron chi connectivity index (χ2n) is 6.43. The number of nitrogens with two attached hydrogens (primary N) is 1. The van der Waals surface area contributed by atoms with Crippen molar-refractivity contribution in [1.29, 1.82) is 0 Å². The van der Waals surface area contributed by atoms with Crippen molar-refractivity contribution in [3.63, 3.8) is 0 Å². The van der Waals surface area contributed by atoms with Gasteiger partial charge in [0.2, 0.25) is 0 Å². The zero-order valence-corrected chi connectivity index (χ0v) is 13.9. The van der Waals surface area contributed by atoms with Crippen LogP contribution >= 0.6 is 0 Å². The van der Waals surface area contributed by atoms with Crippen LogP contribution in [0.15, 0.2) is 36.4 Å². The zero-order valence-electron chi connectivity index (χ0n) is 13.9. The van der Waals surface area contributed by atoms with Crippen molar-refractivity contribution in [2.45, 2.75) is 25.6 Å². The first-order valence-corrected chi connectivity index (χ1v) is 8.20. The molecule has 3 N–H and O–H groups in total. The molecule has 0 fully saturated rings.